The second-order valence-electron chi connectivity index (χ2n) is 4.93. The highest BCUT2D eigenvalue weighted by atomic mass is 16.5. The van der Waals surface area contributed by atoms with Crippen LogP contribution in [0.2, 0.25) is 0 Å². The van der Waals surface area contributed by atoms with Crippen LogP contribution in [0.4, 0.5) is 5.82 Å². The van der Waals surface area contributed by atoms with E-state index in [4.69, 9.17) is 10.5 Å². The van der Waals surface area contributed by atoms with Crippen molar-refractivity contribution in [3.05, 3.63) is 29.5 Å². The van der Waals surface area contributed by atoms with E-state index in [1.807, 2.05) is 12.1 Å². The Kier molecular flexibility index (Phi) is 3.79. The minimum absolute atomic E-state index is 0.354. The Balaban J connectivity index is 2.56. The van der Waals surface area contributed by atoms with Crippen LogP contribution < -0.4 is 10.5 Å². The van der Waals surface area contributed by atoms with E-state index in [0.717, 1.165) is 29.0 Å². The molecule has 0 radical (unpaired) electrons. The number of nitrogens with two attached hydrogens (primary N) is 1. The molecular weight excluding hydrogens is 238 g/mol. The molecule has 0 fully saturated rings. The van der Waals surface area contributed by atoms with Crippen molar-refractivity contribution in [2.45, 2.75) is 33.1 Å². The van der Waals surface area contributed by atoms with Gasteiger partial charge in [0.2, 0.25) is 0 Å². The standard InChI is InChI=1S/C15H21N3O/c1-5-10-8-11(6-7-12(10)19-4)13-14(9(2)3)17-18-15(13)16/h6-9H,5H2,1-4H3,(H3,16,17,18). The molecule has 4 nitrogen and oxygen atoms in total. The third-order valence-corrected chi connectivity index (χ3v) is 3.35. The van der Waals surface area contributed by atoms with E-state index in [1.165, 1.54) is 5.56 Å². The number of nitrogens with one attached hydrogen (secondary N) is 1. The van der Waals surface area contributed by atoms with Crippen LogP contribution >= 0.6 is 0 Å². The lowest BCUT2D eigenvalue weighted by Gasteiger charge is -2.11. The summed E-state index contributed by atoms with van der Waals surface area (Å²) in [5.41, 5.74) is 10.3. The van der Waals surface area contributed by atoms with Gasteiger partial charge in [-0.3, -0.25) is 5.10 Å². The molecule has 19 heavy (non-hydrogen) atoms. The van der Waals surface area contributed by atoms with Crippen molar-refractivity contribution in [2.24, 2.45) is 0 Å². The van der Waals surface area contributed by atoms with Gasteiger partial charge in [0.25, 0.3) is 0 Å². The number of nitrogen functional groups attached to an aromatic ring is 1. The van der Waals surface area contributed by atoms with Gasteiger partial charge in [0.1, 0.15) is 5.75 Å². The van der Waals surface area contributed by atoms with Gasteiger partial charge in [0.15, 0.2) is 5.82 Å². The van der Waals surface area contributed by atoms with Crippen molar-refractivity contribution in [2.75, 3.05) is 12.8 Å². The molecule has 3 N–H and O–H groups in total. The number of methoxy groups -OCH3 is 1. The monoisotopic (exact) mass is 259 g/mol. The molecule has 0 unspecified atom stereocenters. The lowest BCUT2D eigenvalue weighted by Crippen LogP contribution is -1.95. The topological polar surface area (TPSA) is 63.9 Å². The van der Waals surface area contributed by atoms with Crippen LogP contribution in [0, 0.1) is 0 Å². The molecule has 0 bridgehead atoms. The van der Waals surface area contributed by atoms with Crippen molar-refractivity contribution >= 4 is 5.82 Å². The van der Waals surface area contributed by atoms with E-state index in [9.17, 15) is 0 Å². The number of hydrogen-bond donors (Lipinski definition) is 2. The largest absolute Gasteiger partial charge is 0.496 e. The molecule has 0 aliphatic heterocycles. The van der Waals surface area contributed by atoms with Crippen LogP contribution in [0.1, 0.15) is 37.9 Å². The number of benzene rings is 1. The van der Waals surface area contributed by atoms with Crippen LogP contribution in [-0.4, -0.2) is 17.3 Å². The fourth-order valence-corrected chi connectivity index (χ4v) is 2.30. The first-order valence-electron chi connectivity index (χ1n) is 6.59. The summed E-state index contributed by atoms with van der Waals surface area (Å²) in [4.78, 5) is 0. The number of aromatic nitrogens is 2. The fraction of sp³-hybridized carbons (Fsp3) is 0.400. The Labute approximate surface area is 114 Å². The average molecular weight is 259 g/mol. The Morgan fingerprint density at radius 1 is 1.37 bits per heavy atom. The van der Waals surface area contributed by atoms with Crippen LogP contribution in [0.25, 0.3) is 11.1 Å². The second kappa shape index (κ2) is 5.34. The van der Waals surface area contributed by atoms with Gasteiger partial charge >= 0.3 is 0 Å². The van der Waals surface area contributed by atoms with Crippen molar-refractivity contribution < 1.29 is 4.74 Å². The van der Waals surface area contributed by atoms with Gasteiger partial charge in [-0.25, -0.2) is 0 Å². The molecule has 0 spiro atoms. The van der Waals surface area contributed by atoms with E-state index in [2.05, 4.69) is 37.0 Å². The number of ether oxygens (including phenoxy) is 1. The molecule has 0 saturated heterocycles. The minimum atomic E-state index is 0.354. The highest BCUT2D eigenvalue weighted by Crippen LogP contribution is 2.34. The number of nitrogens with zero attached hydrogens (tertiary/aromatic N) is 1. The summed E-state index contributed by atoms with van der Waals surface area (Å²) in [7, 11) is 1.69. The van der Waals surface area contributed by atoms with Gasteiger partial charge in [0, 0.05) is 11.3 Å². The Morgan fingerprint density at radius 3 is 2.68 bits per heavy atom. The van der Waals surface area contributed by atoms with Crippen molar-refractivity contribution in [1.82, 2.24) is 10.2 Å². The molecule has 1 aromatic heterocycles. The molecule has 2 aromatic rings. The summed E-state index contributed by atoms with van der Waals surface area (Å²) in [5.74, 6) is 1.82. The molecule has 0 atom stereocenters. The van der Waals surface area contributed by atoms with Crippen molar-refractivity contribution in [3.63, 3.8) is 0 Å². The third-order valence-electron chi connectivity index (χ3n) is 3.35. The molecule has 0 amide bonds. The predicted octanol–water partition coefficient (Wildman–Crippen LogP) is 3.35. The summed E-state index contributed by atoms with van der Waals surface area (Å²) in [5, 5.41) is 7.17. The number of aryl methyl sites for hydroxylation is 1. The lowest BCUT2D eigenvalue weighted by molar-refractivity contribution is 0.410. The van der Waals surface area contributed by atoms with Gasteiger partial charge in [-0.15, -0.1) is 0 Å². The molecule has 1 heterocycles. The highest BCUT2D eigenvalue weighted by Gasteiger charge is 2.16. The van der Waals surface area contributed by atoms with E-state index in [1.54, 1.807) is 7.11 Å². The van der Waals surface area contributed by atoms with E-state index < -0.39 is 0 Å². The number of H-pyrrole nitrogens is 1. The first-order valence-corrected chi connectivity index (χ1v) is 6.59. The molecule has 0 saturated carbocycles. The summed E-state index contributed by atoms with van der Waals surface area (Å²) >= 11 is 0. The predicted molar refractivity (Wildman–Crippen MR) is 78.5 cm³/mol. The zero-order valence-corrected chi connectivity index (χ0v) is 11.9. The Hall–Kier alpha value is -1.97. The lowest BCUT2D eigenvalue weighted by atomic mass is 9.97. The number of anilines is 1. The normalized spacial score (nSPS) is 11.0. The summed E-state index contributed by atoms with van der Waals surface area (Å²) < 4.78 is 5.36. The fourth-order valence-electron chi connectivity index (χ4n) is 2.30. The zero-order chi connectivity index (χ0) is 14.0. The molecule has 2 rings (SSSR count). The zero-order valence-electron chi connectivity index (χ0n) is 11.9. The quantitative estimate of drug-likeness (QED) is 0.885. The molecule has 4 heteroatoms. The van der Waals surface area contributed by atoms with Crippen LogP contribution in [0.5, 0.6) is 5.75 Å². The summed E-state index contributed by atoms with van der Waals surface area (Å²) in [6.07, 6.45) is 0.922. The Morgan fingerprint density at radius 2 is 2.11 bits per heavy atom. The second-order valence-corrected chi connectivity index (χ2v) is 4.93. The van der Waals surface area contributed by atoms with E-state index >= 15 is 0 Å². The Bertz CT molecular complexity index is 573. The van der Waals surface area contributed by atoms with Crippen LogP contribution in [0.15, 0.2) is 18.2 Å². The van der Waals surface area contributed by atoms with Gasteiger partial charge in [-0.1, -0.05) is 26.8 Å². The highest BCUT2D eigenvalue weighted by molar-refractivity contribution is 5.77. The number of rotatable bonds is 4. The van der Waals surface area contributed by atoms with Gasteiger partial charge in [-0.05, 0) is 35.6 Å². The van der Waals surface area contributed by atoms with Crippen LogP contribution in [0.3, 0.4) is 0 Å². The molecular formula is C15H21N3O. The molecule has 102 valence electrons. The average Bonchev–Trinajstić information content (AvgIpc) is 2.80. The number of hydrogen-bond acceptors (Lipinski definition) is 3. The maximum Gasteiger partial charge on any atom is 0.153 e. The van der Waals surface area contributed by atoms with Crippen molar-refractivity contribution in [1.29, 1.82) is 0 Å². The van der Waals surface area contributed by atoms with Gasteiger partial charge < -0.3 is 10.5 Å². The van der Waals surface area contributed by atoms with Gasteiger partial charge in [0.05, 0.1) is 7.11 Å². The SMILES string of the molecule is CCc1cc(-c2c(N)n[nH]c2C(C)C)ccc1OC. The smallest absolute Gasteiger partial charge is 0.153 e. The molecule has 1 aromatic carbocycles. The van der Waals surface area contributed by atoms with Crippen molar-refractivity contribution in [3.8, 4) is 16.9 Å². The van der Waals surface area contributed by atoms with Crippen LogP contribution in [-0.2, 0) is 6.42 Å². The summed E-state index contributed by atoms with van der Waals surface area (Å²) in [6.45, 7) is 6.37. The molecule has 0 aliphatic carbocycles. The number of aromatic amines is 1. The first-order chi connectivity index (χ1) is 9.08. The first kappa shape index (κ1) is 13.5. The molecule has 0 aliphatic rings. The van der Waals surface area contributed by atoms with Gasteiger partial charge in [-0.2, -0.15) is 5.10 Å². The maximum absolute atomic E-state index is 6.00. The van der Waals surface area contributed by atoms with E-state index in [-0.39, 0.29) is 0 Å². The third kappa shape index (κ3) is 2.43. The maximum atomic E-state index is 6.00. The minimum Gasteiger partial charge on any atom is -0.496 e. The van der Waals surface area contributed by atoms with E-state index in [0.29, 0.717) is 11.7 Å². The summed E-state index contributed by atoms with van der Waals surface area (Å²) in [6, 6.07) is 6.15.